The normalized spacial score (nSPS) is 18.1. The van der Waals surface area contributed by atoms with Crippen molar-refractivity contribution in [3.63, 3.8) is 0 Å². The average Bonchev–Trinajstić information content (AvgIpc) is 3.38. The van der Waals surface area contributed by atoms with Crippen LogP contribution in [0.2, 0.25) is 0 Å². The summed E-state index contributed by atoms with van der Waals surface area (Å²) < 4.78 is 13.2. The van der Waals surface area contributed by atoms with E-state index in [1.54, 1.807) is 0 Å². The highest BCUT2D eigenvalue weighted by molar-refractivity contribution is 9.10. The number of nitrogens with zero attached hydrogens (tertiary/aromatic N) is 1. The molecule has 0 bridgehead atoms. The minimum Gasteiger partial charge on any atom is -0.494 e. The molecule has 1 heterocycles. The zero-order valence-electron chi connectivity index (χ0n) is 22.0. The monoisotopic (exact) mass is 598 g/mol. The van der Waals surface area contributed by atoms with E-state index in [4.69, 9.17) is 19.6 Å². The molecular weight excluding hydrogens is 568 g/mol. The number of hydrogen-bond donors (Lipinski definition) is 2. The SMILES string of the molecule is O=C(NCc1ccccc1)[C@]1(Cc2ccccc2)N=C(c2ccc(OCCCO)cc2)O[C@@H]1c1ccc(Br)cc1. The van der Waals surface area contributed by atoms with Gasteiger partial charge in [0.2, 0.25) is 5.90 Å². The first-order chi connectivity index (χ1) is 19.6. The molecule has 4 aromatic carbocycles. The number of aliphatic hydroxyl groups is 1. The van der Waals surface area contributed by atoms with E-state index in [2.05, 4.69) is 21.2 Å². The first kappa shape index (κ1) is 27.6. The van der Waals surface area contributed by atoms with Gasteiger partial charge in [-0.05, 0) is 53.1 Å². The number of hydrogen-bond acceptors (Lipinski definition) is 5. The molecule has 0 saturated heterocycles. The van der Waals surface area contributed by atoms with Crippen molar-refractivity contribution in [3.05, 3.63) is 136 Å². The third-order valence-electron chi connectivity index (χ3n) is 6.82. The maximum atomic E-state index is 14.2. The molecule has 0 fully saturated rings. The Morgan fingerprint density at radius 2 is 1.55 bits per heavy atom. The lowest BCUT2D eigenvalue weighted by Gasteiger charge is -2.31. The lowest BCUT2D eigenvalue weighted by atomic mass is 9.82. The van der Waals surface area contributed by atoms with Gasteiger partial charge in [-0.2, -0.15) is 0 Å². The Labute approximate surface area is 242 Å². The van der Waals surface area contributed by atoms with Gasteiger partial charge in [-0.25, -0.2) is 4.99 Å². The Kier molecular flexibility index (Phi) is 8.94. The fourth-order valence-corrected chi connectivity index (χ4v) is 5.02. The molecule has 2 N–H and O–H groups in total. The second kappa shape index (κ2) is 12.9. The van der Waals surface area contributed by atoms with E-state index in [1.165, 1.54) is 0 Å². The van der Waals surface area contributed by atoms with Gasteiger partial charge in [-0.3, -0.25) is 4.79 Å². The van der Waals surface area contributed by atoms with Crippen LogP contribution in [0.5, 0.6) is 5.75 Å². The molecule has 1 aliphatic rings. The van der Waals surface area contributed by atoms with Gasteiger partial charge in [0.05, 0.1) is 6.61 Å². The molecule has 0 unspecified atom stereocenters. The van der Waals surface area contributed by atoms with Crippen molar-refractivity contribution in [2.45, 2.75) is 31.0 Å². The number of benzene rings is 4. The number of carbonyl (C=O) groups is 1. The Morgan fingerprint density at radius 3 is 2.20 bits per heavy atom. The van der Waals surface area contributed by atoms with Gasteiger partial charge in [0.15, 0.2) is 11.6 Å². The summed E-state index contributed by atoms with van der Waals surface area (Å²) in [7, 11) is 0. The van der Waals surface area contributed by atoms with Crippen LogP contribution in [0.15, 0.2) is 119 Å². The van der Waals surface area contributed by atoms with Gasteiger partial charge in [-0.15, -0.1) is 0 Å². The quantitative estimate of drug-likeness (QED) is 0.207. The van der Waals surface area contributed by atoms with E-state index in [1.807, 2.05) is 109 Å². The van der Waals surface area contributed by atoms with E-state index < -0.39 is 11.6 Å². The third kappa shape index (κ3) is 6.43. The largest absolute Gasteiger partial charge is 0.494 e. The van der Waals surface area contributed by atoms with Gasteiger partial charge < -0.3 is 19.9 Å². The van der Waals surface area contributed by atoms with Crippen LogP contribution in [-0.4, -0.2) is 35.7 Å². The maximum Gasteiger partial charge on any atom is 0.252 e. The predicted molar refractivity (Wildman–Crippen MR) is 159 cm³/mol. The number of rotatable bonds is 11. The van der Waals surface area contributed by atoms with Crippen molar-refractivity contribution in [2.24, 2.45) is 4.99 Å². The molecule has 1 aliphatic heterocycles. The molecule has 0 aliphatic carbocycles. The molecule has 0 radical (unpaired) electrons. The number of ether oxygens (including phenoxy) is 2. The zero-order chi connectivity index (χ0) is 27.8. The first-order valence-corrected chi connectivity index (χ1v) is 14.1. The smallest absolute Gasteiger partial charge is 0.252 e. The van der Waals surface area contributed by atoms with E-state index in [0.717, 1.165) is 26.7 Å². The summed E-state index contributed by atoms with van der Waals surface area (Å²) in [5.74, 6) is 0.893. The van der Waals surface area contributed by atoms with Crippen LogP contribution >= 0.6 is 15.9 Å². The summed E-state index contributed by atoms with van der Waals surface area (Å²) in [5.41, 5.74) is 2.36. The Balaban J connectivity index is 1.53. The molecule has 5 rings (SSSR count). The van der Waals surface area contributed by atoms with Crippen LogP contribution in [0, 0.1) is 0 Å². The van der Waals surface area contributed by atoms with Gasteiger partial charge >= 0.3 is 0 Å². The van der Waals surface area contributed by atoms with Crippen molar-refractivity contribution in [1.82, 2.24) is 5.32 Å². The zero-order valence-corrected chi connectivity index (χ0v) is 23.6. The Bertz CT molecular complexity index is 1430. The minimum absolute atomic E-state index is 0.0794. The maximum absolute atomic E-state index is 14.2. The molecule has 6 nitrogen and oxygen atoms in total. The summed E-state index contributed by atoms with van der Waals surface area (Å²) in [5, 5.41) is 12.2. The highest BCUT2D eigenvalue weighted by atomic mass is 79.9. The second-order valence-electron chi connectivity index (χ2n) is 9.67. The number of carbonyl (C=O) groups excluding carboxylic acids is 1. The predicted octanol–water partition coefficient (Wildman–Crippen LogP) is 6.03. The van der Waals surface area contributed by atoms with Crippen molar-refractivity contribution in [1.29, 1.82) is 0 Å². The third-order valence-corrected chi connectivity index (χ3v) is 7.34. The summed E-state index contributed by atoms with van der Waals surface area (Å²) in [4.78, 5) is 19.3. The summed E-state index contributed by atoms with van der Waals surface area (Å²) >= 11 is 3.52. The molecule has 0 saturated carbocycles. The molecule has 204 valence electrons. The van der Waals surface area contributed by atoms with Crippen LogP contribution in [0.1, 0.15) is 34.8 Å². The highest BCUT2D eigenvalue weighted by Gasteiger charge is 2.53. The Morgan fingerprint density at radius 1 is 0.900 bits per heavy atom. The van der Waals surface area contributed by atoms with Crippen molar-refractivity contribution in [3.8, 4) is 5.75 Å². The number of aliphatic hydroxyl groups excluding tert-OH is 1. The first-order valence-electron chi connectivity index (χ1n) is 13.3. The van der Waals surface area contributed by atoms with Gasteiger partial charge in [0.1, 0.15) is 5.75 Å². The summed E-state index contributed by atoms with van der Waals surface area (Å²) in [6.07, 6.45) is 0.278. The van der Waals surface area contributed by atoms with Gasteiger partial charge in [0.25, 0.3) is 5.91 Å². The van der Waals surface area contributed by atoms with Crippen LogP contribution in [0.3, 0.4) is 0 Å². The number of halogens is 1. The molecule has 0 spiro atoms. The molecular formula is C33H31BrN2O4. The molecule has 0 aromatic heterocycles. The van der Waals surface area contributed by atoms with Gasteiger partial charge in [-0.1, -0.05) is 88.7 Å². The topological polar surface area (TPSA) is 80.2 Å². The summed E-state index contributed by atoms with van der Waals surface area (Å²) in [6.45, 7) is 0.894. The minimum atomic E-state index is -1.24. The lowest BCUT2D eigenvalue weighted by Crippen LogP contribution is -2.49. The standard InChI is InChI=1S/C33H31BrN2O4/c34-28-16-12-26(13-17-28)30-33(22-24-8-3-1-4-9-24,32(38)35-23-25-10-5-2-6-11-25)36-31(40-30)27-14-18-29(19-15-27)39-21-7-20-37/h1-6,8-19,30,37H,7,20-23H2,(H,35,38)/t30-,33-/m1/s1. The van der Waals surface area contributed by atoms with Gasteiger partial charge in [0, 0.05) is 36.0 Å². The van der Waals surface area contributed by atoms with Crippen molar-refractivity contribution < 1.29 is 19.4 Å². The Hall–Kier alpha value is -3.94. The number of amides is 1. The lowest BCUT2D eigenvalue weighted by molar-refractivity contribution is -0.129. The van der Waals surface area contributed by atoms with Crippen LogP contribution in [-0.2, 0) is 22.5 Å². The van der Waals surface area contributed by atoms with Crippen LogP contribution in [0.4, 0.5) is 0 Å². The summed E-state index contributed by atoms with van der Waals surface area (Å²) in [6, 6.07) is 35.0. The molecule has 40 heavy (non-hydrogen) atoms. The van der Waals surface area contributed by atoms with E-state index >= 15 is 0 Å². The number of aliphatic imine (C=N–C) groups is 1. The molecule has 1 amide bonds. The van der Waals surface area contributed by atoms with E-state index in [-0.39, 0.29) is 12.5 Å². The fourth-order valence-electron chi connectivity index (χ4n) is 4.76. The molecule has 2 atom stereocenters. The van der Waals surface area contributed by atoms with Crippen LogP contribution in [0.25, 0.3) is 0 Å². The average molecular weight is 600 g/mol. The van der Waals surface area contributed by atoms with Crippen LogP contribution < -0.4 is 10.1 Å². The van der Waals surface area contributed by atoms with Crippen molar-refractivity contribution >= 4 is 27.7 Å². The van der Waals surface area contributed by atoms with E-state index in [0.29, 0.717) is 37.6 Å². The molecule has 7 heteroatoms. The number of nitrogens with one attached hydrogen (secondary N) is 1. The fraction of sp³-hybridized carbons (Fsp3) is 0.212. The highest BCUT2D eigenvalue weighted by Crippen LogP contribution is 2.43. The molecule has 4 aromatic rings. The second-order valence-corrected chi connectivity index (χ2v) is 10.6. The van der Waals surface area contributed by atoms with Crippen molar-refractivity contribution in [2.75, 3.05) is 13.2 Å². The van der Waals surface area contributed by atoms with E-state index in [9.17, 15) is 4.79 Å².